The number of piperidine rings is 1. The second-order valence-electron chi connectivity index (χ2n) is 7.04. The van der Waals surface area contributed by atoms with Gasteiger partial charge in [-0.1, -0.05) is 6.92 Å². The third-order valence-corrected chi connectivity index (χ3v) is 5.59. The molecule has 1 aliphatic heterocycles. The van der Waals surface area contributed by atoms with Crippen LogP contribution in [0.4, 0.5) is 0 Å². The van der Waals surface area contributed by atoms with Gasteiger partial charge in [0.2, 0.25) is 0 Å². The number of hydrogen-bond donors (Lipinski definition) is 2. The molecule has 1 saturated heterocycles. The molecule has 1 aromatic carbocycles. The number of methoxy groups -OCH3 is 2. The van der Waals surface area contributed by atoms with E-state index in [1.807, 2.05) is 12.1 Å². The molecule has 2 N–H and O–H groups in total. The Balaban J connectivity index is 1.74. The zero-order valence-corrected chi connectivity index (χ0v) is 18.6. The van der Waals surface area contributed by atoms with Crippen LogP contribution in [0.15, 0.2) is 21.6 Å². The minimum Gasteiger partial charge on any atom is -0.493 e. The summed E-state index contributed by atoms with van der Waals surface area (Å²) in [5, 5.41) is 6.75. The standard InChI is InChI=1S/C20H33BrN4O2/c1-15-6-10-25(11-7-15)9-5-8-23-20(22-2)24-14-16-12-17(21)19(27-4)18(13-16)26-3/h12-13,15H,5-11,14H2,1-4H3,(H2,22,23,24). The molecule has 0 saturated carbocycles. The van der Waals surface area contributed by atoms with Gasteiger partial charge in [0.15, 0.2) is 17.5 Å². The maximum atomic E-state index is 5.40. The Labute approximate surface area is 171 Å². The number of aliphatic imine (C=N–C) groups is 1. The third-order valence-electron chi connectivity index (χ3n) is 5.00. The van der Waals surface area contributed by atoms with Gasteiger partial charge in [-0.05, 0) is 78.4 Å². The summed E-state index contributed by atoms with van der Waals surface area (Å²) in [6.07, 6.45) is 3.78. The zero-order valence-electron chi connectivity index (χ0n) is 17.0. The number of nitrogens with zero attached hydrogens (tertiary/aromatic N) is 2. The summed E-state index contributed by atoms with van der Waals surface area (Å²) in [4.78, 5) is 6.88. The monoisotopic (exact) mass is 440 g/mol. The van der Waals surface area contributed by atoms with Crippen LogP contribution in [0.5, 0.6) is 11.5 Å². The summed E-state index contributed by atoms with van der Waals surface area (Å²) in [7, 11) is 5.08. The van der Waals surface area contributed by atoms with Crippen LogP contribution < -0.4 is 20.1 Å². The largest absolute Gasteiger partial charge is 0.493 e. The molecule has 0 aromatic heterocycles. The van der Waals surface area contributed by atoms with Crippen molar-refractivity contribution in [3.63, 3.8) is 0 Å². The molecule has 1 heterocycles. The van der Waals surface area contributed by atoms with Crippen LogP contribution in [0.2, 0.25) is 0 Å². The normalized spacial score (nSPS) is 16.3. The van der Waals surface area contributed by atoms with Gasteiger partial charge in [-0.3, -0.25) is 4.99 Å². The molecule has 0 atom stereocenters. The maximum Gasteiger partial charge on any atom is 0.191 e. The fourth-order valence-corrected chi connectivity index (χ4v) is 3.93. The molecule has 7 heteroatoms. The summed E-state index contributed by atoms with van der Waals surface area (Å²) in [5.41, 5.74) is 1.09. The van der Waals surface area contributed by atoms with Crippen molar-refractivity contribution in [2.75, 3.05) is 47.4 Å². The molecule has 2 rings (SSSR count). The first kappa shape index (κ1) is 21.8. The highest BCUT2D eigenvalue weighted by Gasteiger charge is 2.15. The second kappa shape index (κ2) is 11.4. The molecular weight excluding hydrogens is 408 g/mol. The average molecular weight is 441 g/mol. The lowest BCUT2D eigenvalue weighted by Crippen LogP contribution is -2.39. The first-order valence-corrected chi connectivity index (χ1v) is 10.4. The Morgan fingerprint density at radius 1 is 1.22 bits per heavy atom. The summed E-state index contributed by atoms with van der Waals surface area (Å²) in [5.74, 6) is 3.12. The quantitative estimate of drug-likeness (QED) is 0.369. The molecule has 0 spiro atoms. The van der Waals surface area contributed by atoms with Crippen molar-refractivity contribution in [3.8, 4) is 11.5 Å². The fourth-order valence-electron chi connectivity index (χ4n) is 3.27. The molecule has 1 aromatic rings. The number of ether oxygens (including phenoxy) is 2. The van der Waals surface area contributed by atoms with E-state index in [0.717, 1.165) is 41.4 Å². The lowest BCUT2D eigenvalue weighted by atomic mass is 9.99. The van der Waals surface area contributed by atoms with Crippen molar-refractivity contribution in [2.24, 2.45) is 10.9 Å². The van der Waals surface area contributed by atoms with Crippen molar-refractivity contribution in [2.45, 2.75) is 32.7 Å². The summed E-state index contributed by atoms with van der Waals surface area (Å²) >= 11 is 3.53. The molecular formula is C20H33BrN4O2. The van der Waals surface area contributed by atoms with Gasteiger partial charge in [0.05, 0.1) is 18.7 Å². The van der Waals surface area contributed by atoms with Crippen molar-refractivity contribution in [3.05, 3.63) is 22.2 Å². The first-order chi connectivity index (χ1) is 13.1. The van der Waals surface area contributed by atoms with E-state index in [-0.39, 0.29) is 0 Å². The minimum absolute atomic E-state index is 0.655. The topological polar surface area (TPSA) is 58.1 Å². The van der Waals surface area contributed by atoms with Gasteiger partial charge >= 0.3 is 0 Å². The summed E-state index contributed by atoms with van der Waals surface area (Å²) < 4.78 is 11.6. The number of guanidine groups is 1. The van der Waals surface area contributed by atoms with E-state index in [1.54, 1.807) is 21.3 Å². The predicted octanol–water partition coefficient (Wildman–Crippen LogP) is 3.25. The van der Waals surface area contributed by atoms with Crippen LogP contribution in [0.3, 0.4) is 0 Å². The maximum absolute atomic E-state index is 5.40. The Kier molecular flexibility index (Phi) is 9.21. The van der Waals surface area contributed by atoms with E-state index in [9.17, 15) is 0 Å². The Morgan fingerprint density at radius 2 is 1.96 bits per heavy atom. The second-order valence-corrected chi connectivity index (χ2v) is 7.90. The number of benzene rings is 1. The van der Waals surface area contributed by atoms with Crippen LogP contribution in [0.1, 0.15) is 31.7 Å². The zero-order chi connectivity index (χ0) is 19.6. The Hall–Kier alpha value is -1.47. The van der Waals surface area contributed by atoms with Gasteiger partial charge in [-0.25, -0.2) is 0 Å². The number of halogens is 1. The van der Waals surface area contributed by atoms with Crippen LogP contribution in [0.25, 0.3) is 0 Å². The van der Waals surface area contributed by atoms with Crippen LogP contribution in [-0.4, -0.2) is 58.3 Å². The fraction of sp³-hybridized carbons (Fsp3) is 0.650. The van der Waals surface area contributed by atoms with Gasteiger partial charge in [-0.2, -0.15) is 0 Å². The average Bonchev–Trinajstić information content (AvgIpc) is 2.68. The van der Waals surface area contributed by atoms with Crippen molar-refractivity contribution < 1.29 is 9.47 Å². The van der Waals surface area contributed by atoms with Gasteiger partial charge in [0, 0.05) is 20.1 Å². The molecule has 0 radical (unpaired) electrons. The van der Waals surface area contributed by atoms with Crippen molar-refractivity contribution in [1.29, 1.82) is 0 Å². The molecule has 1 fully saturated rings. The smallest absolute Gasteiger partial charge is 0.191 e. The van der Waals surface area contributed by atoms with E-state index in [4.69, 9.17) is 9.47 Å². The van der Waals surface area contributed by atoms with Crippen molar-refractivity contribution in [1.82, 2.24) is 15.5 Å². The molecule has 1 aliphatic rings. The molecule has 152 valence electrons. The molecule has 0 unspecified atom stereocenters. The van der Waals surface area contributed by atoms with Gasteiger partial charge in [-0.15, -0.1) is 0 Å². The van der Waals surface area contributed by atoms with E-state index in [0.29, 0.717) is 18.0 Å². The number of rotatable bonds is 8. The number of hydrogen-bond acceptors (Lipinski definition) is 4. The van der Waals surface area contributed by atoms with Crippen LogP contribution in [-0.2, 0) is 6.54 Å². The van der Waals surface area contributed by atoms with Gasteiger partial charge in [0.1, 0.15) is 0 Å². The lowest BCUT2D eigenvalue weighted by Gasteiger charge is -2.30. The molecule has 0 amide bonds. The number of nitrogens with one attached hydrogen (secondary N) is 2. The SMILES string of the molecule is CN=C(NCCCN1CCC(C)CC1)NCc1cc(Br)c(OC)c(OC)c1. The van der Waals surface area contributed by atoms with Gasteiger partial charge in [0.25, 0.3) is 0 Å². The summed E-state index contributed by atoms with van der Waals surface area (Å²) in [6, 6.07) is 4.00. The molecule has 0 bridgehead atoms. The highest BCUT2D eigenvalue weighted by atomic mass is 79.9. The van der Waals surface area contributed by atoms with E-state index < -0.39 is 0 Å². The minimum atomic E-state index is 0.655. The van der Waals surface area contributed by atoms with E-state index in [1.165, 1.54) is 25.9 Å². The lowest BCUT2D eigenvalue weighted by molar-refractivity contribution is 0.191. The highest BCUT2D eigenvalue weighted by Crippen LogP contribution is 2.36. The Morgan fingerprint density at radius 3 is 2.59 bits per heavy atom. The summed E-state index contributed by atoms with van der Waals surface area (Å²) in [6.45, 7) is 7.56. The molecule has 6 nitrogen and oxygen atoms in total. The predicted molar refractivity (Wildman–Crippen MR) is 115 cm³/mol. The number of likely N-dealkylation sites (tertiary alicyclic amines) is 1. The molecule has 0 aliphatic carbocycles. The highest BCUT2D eigenvalue weighted by molar-refractivity contribution is 9.10. The van der Waals surface area contributed by atoms with E-state index >= 15 is 0 Å². The van der Waals surface area contributed by atoms with Gasteiger partial charge < -0.3 is 25.0 Å². The molecule has 27 heavy (non-hydrogen) atoms. The third kappa shape index (κ3) is 6.88. The Bertz CT molecular complexity index is 616. The van der Waals surface area contributed by atoms with E-state index in [2.05, 4.69) is 43.4 Å². The van der Waals surface area contributed by atoms with Crippen LogP contribution >= 0.6 is 15.9 Å². The first-order valence-electron chi connectivity index (χ1n) is 9.64. The van der Waals surface area contributed by atoms with Crippen molar-refractivity contribution >= 4 is 21.9 Å². The van der Waals surface area contributed by atoms with Crippen LogP contribution in [0, 0.1) is 5.92 Å².